The molecule has 0 aliphatic heterocycles. The number of aromatic nitrogens is 2. The van der Waals surface area contributed by atoms with Gasteiger partial charge in [-0.3, -0.25) is 0 Å². The zero-order chi connectivity index (χ0) is 14.2. The number of rotatable bonds is 2. The lowest BCUT2D eigenvalue weighted by Crippen LogP contribution is -2.04. The van der Waals surface area contributed by atoms with Crippen LogP contribution < -0.4 is 5.73 Å². The number of halogens is 1. The molecule has 2 rings (SSSR count). The Morgan fingerprint density at radius 3 is 2.37 bits per heavy atom. The van der Waals surface area contributed by atoms with Crippen LogP contribution in [-0.4, -0.2) is 9.97 Å². The highest BCUT2D eigenvalue weighted by atomic mass is 79.9. The van der Waals surface area contributed by atoms with Crippen molar-refractivity contribution in [2.75, 3.05) is 5.73 Å². The molecular formula is C15H18BrN3. The number of hydrogen-bond donors (Lipinski definition) is 1. The van der Waals surface area contributed by atoms with Gasteiger partial charge >= 0.3 is 0 Å². The lowest BCUT2D eigenvalue weighted by Gasteiger charge is -2.12. The van der Waals surface area contributed by atoms with Crippen molar-refractivity contribution in [2.24, 2.45) is 0 Å². The first-order valence-electron chi connectivity index (χ1n) is 6.30. The van der Waals surface area contributed by atoms with E-state index in [1.807, 2.05) is 6.07 Å². The third-order valence-corrected chi connectivity index (χ3v) is 4.03. The van der Waals surface area contributed by atoms with Crippen LogP contribution in [0.5, 0.6) is 0 Å². The first-order chi connectivity index (χ1) is 8.90. The molecule has 0 amide bonds. The van der Waals surface area contributed by atoms with E-state index in [4.69, 9.17) is 5.73 Å². The van der Waals surface area contributed by atoms with Crippen LogP contribution in [0.4, 0.5) is 5.82 Å². The van der Waals surface area contributed by atoms with Crippen molar-refractivity contribution in [3.8, 4) is 11.4 Å². The van der Waals surface area contributed by atoms with Gasteiger partial charge in [0.15, 0.2) is 5.82 Å². The maximum absolute atomic E-state index is 5.97. The summed E-state index contributed by atoms with van der Waals surface area (Å²) >= 11 is 3.46. The Hall–Kier alpha value is -1.42. The van der Waals surface area contributed by atoms with Crippen molar-refractivity contribution < 1.29 is 0 Å². The van der Waals surface area contributed by atoms with Gasteiger partial charge in [0, 0.05) is 5.56 Å². The zero-order valence-electron chi connectivity index (χ0n) is 11.7. The average Bonchev–Trinajstić information content (AvgIpc) is 2.35. The summed E-state index contributed by atoms with van der Waals surface area (Å²) in [4.78, 5) is 9.01. The number of nitrogens with zero attached hydrogens (tertiary/aromatic N) is 2. The van der Waals surface area contributed by atoms with E-state index in [-0.39, 0.29) is 0 Å². The zero-order valence-corrected chi connectivity index (χ0v) is 13.2. The van der Waals surface area contributed by atoms with Crippen LogP contribution in [0.2, 0.25) is 0 Å². The summed E-state index contributed by atoms with van der Waals surface area (Å²) < 4.78 is 0.801. The molecule has 0 spiro atoms. The molecule has 0 unspecified atom stereocenters. The molecule has 0 radical (unpaired) electrons. The van der Waals surface area contributed by atoms with Crippen LogP contribution in [0.25, 0.3) is 11.4 Å². The summed E-state index contributed by atoms with van der Waals surface area (Å²) in [6.45, 7) is 8.37. The molecule has 1 heterocycles. The fourth-order valence-corrected chi connectivity index (χ4v) is 2.51. The summed E-state index contributed by atoms with van der Waals surface area (Å²) in [6.07, 6.45) is 0. The third kappa shape index (κ3) is 2.78. The number of benzene rings is 1. The first kappa shape index (κ1) is 14.0. The van der Waals surface area contributed by atoms with E-state index in [1.54, 1.807) is 0 Å². The maximum Gasteiger partial charge on any atom is 0.161 e. The van der Waals surface area contributed by atoms with Gasteiger partial charge in [0.05, 0.1) is 10.2 Å². The highest BCUT2D eigenvalue weighted by Gasteiger charge is 2.14. The minimum Gasteiger partial charge on any atom is -0.383 e. The number of anilines is 1. The van der Waals surface area contributed by atoms with Gasteiger partial charge in [0.25, 0.3) is 0 Å². The van der Waals surface area contributed by atoms with Crippen LogP contribution >= 0.6 is 15.9 Å². The predicted octanol–water partition coefficient (Wildman–Crippen LogP) is 4.23. The topological polar surface area (TPSA) is 51.8 Å². The van der Waals surface area contributed by atoms with Gasteiger partial charge < -0.3 is 5.73 Å². The molecule has 2 aromatic rings. The van der Waals surface area contributed by atoms with Gasteiger partial charge in [0.1, 0.15) is 5.82 Å². The molecule has 0 aliphatic rings. The Labute approximate surface area is 122 Å². The second-order valence-electron chi connectivity index (χ2n) is 5.09. The average molecular weight is 320 g/mol. The highest BCUT2D eigenvalue weighted by Crippen LogP contribution is 2.30. The van der Waals surface area contributed by atoms with Gasteiger partial charge in [0.2, 0.25) is 0 Å². The van der Waals surface area contributed by atoms with Crippen molar-refractivity contribution in [1.29, 1.82) is 0 Å². The minimum atomic E-state index is 0.296. The molecule has 3 nitrogen and oxygen atoms in total. The van der Waals surface area contributed by atoms with Crippen molar-refractivity contribution in [2.45, 2.75) is 33.6 Å². The molecule has 1 aromatic heterocycles. The molecular weight excluding hydrogens is 302 g/mol. The van der Waals surface area contributed by atoms with Crippen molar-refractivity contribution in [3.63, 3.8) is 0 Å². The lowest BCUT2D eigenvalue weighted by atomic mass is 10.1. The number of hydrogen-bond acceptors (Lipinski definition) is 3. The van der Waals surface area contributed by atoms with Crippen molar-refractivity contribution >= 4 is 21.7 Å². The first-order valence-corrected chi connectivity index (χ1v) is 7.10. The Morgan fingerprint density at radius 2 is 1.79 bits per heavy atom. The second kappa shape index (κ2) is 5.29. The molecule has 0 saturated carbocycles. The fraction of sp³-hybridized carbons (Fsp3) is 0.333. The summed E-state index contributed by atoms with van der Waals surface area (Å²) in [6, 6.07) is 6.22. The minimum absolute atomic E-state index is 0.296. The summed E-state index contributed by atoms with van der Waals surface area (Å²) in [7, 11) is 0. The Bertz CT molecular complexity index is 621. The summed E-state index contributed by atoms with van der Waals surface area (Å²) in [5.74, 6) is 1.48. The molecule has 1 aromatic carbocycles. The standard InChI is InChI=1S/C15H18BrN3/c1-8(2)13-12(16)14(17)19-15(18-13)11-6-5-9(3)10(4)7-11/h5-8H,1-4H3,(H2,17,18,19). The molecule has 100 valence electrons. The largest absolute Gasteiger partial charge is 0.383 e. The van der Waals surface area contributed by atoms with Crippen LogP contribution in [0.1, 0.15) is 36.6 Å². The molecule has 0 atom stereocenters. The normalized spacial score (nSPS) is 11.1. The Balaban J connectivity index is 2.59. The second-order valence-corrected chi connectivity index (χ2v) is 5.88. The quantitative estimate of drug-likeness (QED) is 0.901. The van der Waals surface area contributed by atoms with Gasteiger partial charge in [-0.15, -0.1) is 0 Å². The van der Waals surface area contributed by atoms with Gasteiger partial charge in [-0.1, -0.05) is 26.0 Å². The summed E-state index contributed by atoms with van der Waals surface area (Å²) in [5.41, 5.74) is 10.4. The Kier molecular flexibility index (Phi) is 3.90. The van der Waals surface area contributed by atoms with E-state index in [0.29, 0.717) is 17.6 Å². The molecule has 0 saturated heterocycles. The van der Waals surface area contributed by atoms with E-state index < -0.39 is 0 Å². The van der Waals surface area contributed by atoms with Crippen LogP contribution in [0.15, 0.2) is 22.7 Å². The van der Waals surface area contributed by atoms with Crippen molar-refractivity contribution in [1.82, 2.24) is 9.97 Å². The Morgan fingerprint density at radius 1 is 1.11 bits per heavy atom. The van der Waals surface area contributed by atoms with Crippen LogP contribution in [-0.2, 0) is 0 Å². The smallest absolute Gasteiger partial charge is 0.161 e. The number of aryl methyl sites for hydroxylation is 2. The van der Waals surface area contributed by atoms with Gasteiger partial charge in [-0.2, -0.15) is 0 Å². The van der Waals surface area contributed by atoms with Crippen LogP contribution in [0.3, 0.4) is 0 Å². The van der Waals surface area contributed by atoms with E-state index in [1.165, 1.54) is 11.1 Å². The molecule has 0 bridgehead atoms. The van der Waals surface area contributed by atoms with E-state index in [0.717, 1.165) is 15.7 Å². The van der Waals surface area contributed by atoms with E-state index >= 15 is 0 Å². The highest BCUT2D eigenvalue weighted by molar-refractivity contribution is 9.10. The monoisotopic (exact) mass is 319 g/mol. The summed E-state index contributed by atoms with van der Waals surface area (Å²) in [5, 5.41) is 0. The third-order valence-electron chi connectivity index (χ3n) is 3.21. The van der Waals surface area contributed by atoms with E-state index in [9.17, 15) is 0 Å². The maximum atomic E-state index is 5.97. The molecule has 2 N–H and O–H groups in total. The number of nitrogens with two attached hydrogens (primary N) is 1. The number of nitrogen functional groups attached to an aromatic ring is 1. The SMILES string of the molecule is Cc1ccc(-c2nc(N)c(Br)c(C(C)C)n2)cc1C. The molecule has 19 heavy (non-hydrogen) atoms. The lowest BCUT2D eigenvalue weighted by molar-refractivity contribution is 0.811. The van der Waals surface area contributed by atoms with Gasteiger partial charge in [-0.25, -0.2) is 9.97 Å². The molecule has 4 heteroatoms. The molecule has 0 fully saturated rings. The van der Waals surface area contributed by atoms with Crippen molar-refractivity contribution in [3.05, 3.63) is 39.5 Å². The van der Waals surface area contributed by atoms with Gasteiger partial charge in [-0.05, 0) is 52.9 Å². The van der Waals surface area contributed by atoms with E-state index in [2.05, 4.69) is 65.7 Å². The predicted molar refractivity (Wildman–Crippen MR) is 83.1 cm³/mol. The molecule has 0 aliphatic carbocycles. The fourth-order valence-electron chi connectivity index (χ4n) is 1.87. The van der Waals surface area contributed by atoms with Crippen LogP contribution in [0, 0.1) is 13.8 Å².